The zero-order valence-electron chi connectivity index (χ0n) is 11.9. The summed E-state index contributed by atoms with van der Waals surface area (Å²) in [6.07, 6.45) is 0. The third-order valence-electron chi connectivity index (χ3n) is 2.86. The highest BCUT2D eigenvalue weighted by Crippen LogP contribution is 2.15. The van der Waals surface area contributed by atoms with Crippen molar-refractivity contribution in [2.24, 2.45) is 0 Å². The number of carbonyl (C=O) groups is 1. The lowest BCUT2D eigenvalue weighted by molar-refractivity contribution is -0.134. The molecule has 0 bridgehead atoms. The number of sulfonamides is 1. The van der Waals surface area contributed by atoms with Crippen LogP contribution in [0.25, 0.3) is 0 Å². The van der Waals surface area contributed by atoms with E-state index in [1.807, 2.05) is 43.3 Å². The van der Waals surface area contributed by atoms with Crippen LogP contribution in [-0.4, -0.2) is 50.2 Å². The van der Waals surface area contributed by atoms with Gasteiger partial charge in [0, 0.05) is 32.9 Å². The Bertz CT molecular complexity index is 552. The molecule has 0 heterocycles. The summed E-state index contributed by atoms with van der Waals surface area (Å²) < 4.78 is 24.9. The highest BCUT2D eigenvalue weighted by atomic mass is 32.2. The molecule has 6 nitrogen and oxygen atoms in total. The first kappa shape index (κ1) is 16.5. The van der Waals surface area contributed by atoms with Crippen molar-refractivity contribution in [1.29, 1.82) is 0 Å². The number of carboxylic acid groups (broad SMARTS) is 1. The molecule has 0 aliphatic heterocycles. The smallest absolute Gasteiger partial charge is 0.320 e. The van der Waals surface area contributed by atoms with Crippen molar-refractivity contribution in [1.82, 2.24) is 4.31 Å². The number of rotatable bonds is 7. The fourth-order valence-corrected chi connectivity index (χ4v) is 2.99. The van der Waals surface area contributed by atoms with Crippen LogP contribution in [0.4, 0.5) is 5.69 Å². The SMILES string of the molecule is CCN(Cc1ccc(N(C)C)cc1)S(=O)(=O)CC(=O)O. The van der Waals surface area contributed by atoms with Crippen molar-refractivity contribution in [2.75, 3.05) is 31.3 Å². The second-order valence-corrected chi connectivity index (χ2v) is 6.61. The van der Waals surface area contributed by atoms with Crippen LogP contribution in [0.1, 0.15) is 12.5 Å². The van der Waals surface area contributed by atoms with Crippen LogP contribution >= 0.6 is 0 Å². The standard InChI is InChI=1S/C13H20N2O4S/c1-4-15(20(18,19)10-13(16)17)9-11-5-7-12(8-6-11)14(2)3/h5-8H,4,9-10H2,1-3H3,(H,16,17). The molecule has 20 heavy (non-hydrogen) atoms. The molecule has 1 aromatic rings. The Morgan fingerprint density at radius 2 is 1.75 bits per heavy atom. The van der Waals surface area contributed by atoms with Gasteiger partial charge in [0.05, 0.1) is 0 Å². The van der Waals surface area contributed by atoms with Gasteiger partial charge in [-0.15, -0.1) is 0 Å². The van der Waals surface area contributed by atoms with Gasteiger partial charge in [-0.05, 0) is 17.7 Å². The quantitative estimate of drug-likeness (QED) is 0.812. The number of benzene rings is 1. The number of aliphatic carboxylic acids is 1. The Hall–Kier alpha value is -1.60. The van der Waals surface area contributed by atoms with E-state index in [1.54, 1.807) is 6.92 Å². The Morgan fingerprint density at radius 1 is 1.20 bits per heavy atom. The molecular weight excluding hydrogens is 280 g/mol. The largest absolute Gasteiger partial charge is 0.480 e. The molecule has 0 aliphatic rings. The molecule has 0 spiro atoms. The lowest BCUT2D eigenvalue weighted by Gasteiger charge is -2.20. The van der Waals surface area contributed by atoms with E-state index in [2.05, 4.69) is 0 Å². The maximum atomic E-state index is 11.9. The lowest BCUT2D eigenvalue weighted by atomic mass is 10.2. The minimum absolute atomic E-state index is 0.180. The minimum atomic E-state index is -3.77. The van der Waals surface area contributed by atoms with Crippen LogP contribution < -0.4 is 4.90 Å². The third kappa shape index (κ3) is 4.50. The summed E-state index contributed by atoms with van der Waals surface area (Å²) >= 11 is 0. The van der Waals surface area contributed by atoms with Crippen LogP contribution in [0.15, 0.2) is 24.3 Å². The normalized spacial score (nSPS) is 11.6. The summed E-state index contributed by atoms with van der Waals surface area (Å²) in [5.74, 6) is -2.22. The average molecular weight is 300 g/mol. The lowest BCUT2D eigenvalue weighted by Crippen LogP contribution is -2.34. The van der Waals surface area contributed by atoms with Crippen molar-refractivity contribution in [3.63, 3.8) is 0 Å². The summed E-state index contributed by atoms with van der Waals surface area (Å²) in [4.78, 5) is 12.5. The van der Waals surface area contributed by atoms with Crippen molar-refractivity contribution in [3.05, 3.63) is 29.8 Å². The molecule has 1 N–H and O–H groups in total. The van der Waals surface area contributed by atoms with Crippen LogP contribution in [0, 0.1) is 0 Å². The van der Waals surface area contributed by atoms with Crippen LogP contribution in [0.3, 0.4) is 0 Å². The minimum Gasteiger partial charge on any atom is -0.480 e. The number of carboxylic acids is 1. The van der Waals surface area contributed by atoms with E-state index in [4.69, 9.17) is 5.11 Å². The van der Waals surface area contributed by atoms with Gasteiger partial charge in [-0.1, -0.05) is 19.1 Å². The van der Waals surface area contributed by atoms with Crippen LogP contribution in [0.5, 0.6) is 0 Å². The predicted octanol–water partition coefficient (Wildman–Crippen LogP) is 0.989. The van der Waals surface area contributed by atoms with Gasteiger partial charge in [0.2, 0.25) is 10.0 Å². The van der Waals surface area contributed by atoms with E-state index in [0.29, 0.717) is 0 Å². The first-order chi connectivity index (χ1) is 9.26. The van der Waals surface area contributed by atoms with Crippen LogP contribution in [-0.2, 0) is 21.4 Å². The van der Waals surface area contributed by atoms with Gasteiger partial charge in [-0.25, -0.2) is 8.42 Å². The summed E-state index contributed by atoms with van der Waals surface area (Å²) in [7, 11) is 0.0696. The van der Waals surface area contributed by atoms with Crippen LogP contribution in [0.2, 0.25) is 0 Å². The highest BCUT2D eigenvalue weighted by molar-refractivity contribution is 7.89. The Morgan fingerprint density at radius 3 is 2.15 bits per heavy atom. The number of hydrogen-bond acceptors (Lipinski definition) is 4. The topological polar surface area (TPSA) is 77.9 Å². The Kier molecular flexibility index (Phi) is 5.52. The molecule has 1 rings (SSSR count). The number of anilines is 1. The van der Waals surface area contributed by atoms with Gasteiger partial charge >= 0.3 is 5.97 Å². The molecule has 0 radical (unpaired) electrons. The molecule has 112 valence electrons. The molecule has 0 aromatic heterocycles. The summed E-state index contributed by atoms with van der Waals surface area (Å²) in [6.45, 7) is 2.11. The molecule has 0 aliphatic carbocycles. The number of nitrogens with zero attached hydrogens (tertiary/aromatic N) is 2. The summed E-state index contributed by atoms with van der Waals surface area (Å²) in [5, 5.41) is 8.65. The second-order valence-electron chi connectivity index (χ2n) is 4.64. The fourth-order valence-electron chi connectivity index (χ4n) is 1.76. The molecule has 7 heteroatoms. The van der Waals surface area contributed by atoms with Gasteiger partial charge in [-0.3, -0.25) is 4.79 Å². The average Bonchev–Trinajstić information content (AvgIpc) is 2.34. The highest BCUT2D eigenvalue weighted by Gasteiger charge is 2.23. The number of hydrogen-bond donors (Lipinski definition) is 1. The molecule has 0 saturated heterocycles. The van der Waals surface area contributed by atoms with E-state index < -0.39 is 21.7 Å². The van der Waals surface area contributed by atoms with Gasteiger partial charge in [0.25, 0.3) is 0 Å². The molecule has 0 saturated carbocycles. The predicted molar refractivity (Wildman–Crippen MR) is 78.3 cm³/mol. The summed E-state index contributed by atoms with van der Waals surface area (Å²) in [6, 6.07) is 7.47. The zero-order valence-corrected chi connectivity index (χ0v) is 12.7. The van der Waals surface area contributed by atoms with Gasteiger partial charge in [-0.2, -0.15) is 4.31 Å². The second kappa shape index (κ2) is 6.71. The maximum Gasteiger partial charge on any atom is 0.320 e. The Balaban J connectivity index is 2.86. The van der Waals surface area contributed by atoms with E-state index in [1.165, 1.54) is 4.31 Å². The maximum absolute atomic E-state index is 11.9. The molecule has 0 fully saturated rings. The molecule has 0 atom stereocenters. The van der Waals surface area contributed by atoms with E-state index >= 15 is 0 Å². The monoisotopic (exact) mass is 300 g/mol. The summed E-state index contributed by atoms with van der Waals surface area (Å²) in [5.41, 5.74) is 1.84. The van der Waals surface area contributed by atoms with Crippen molar-refractivity contribution >= 4 is 21.7 Å². The van der Waals surface area contributed by atoms with Gasteiger partial charge in [0.15, 0.2) is 5.75 Å². The van der Waals surface area contributed by atoms with Crippen molar-refractivity contribution < 1.29 is 18.3 Å². The molecule has 0 amide bonds. The Labute approximate surface area is 119 Å². The first-order valence-corrected chi connectivity index (χ1v) is 7.83. The molecular formula is C13H20N2O4S. The van der Waals surface area contributed by atoms with E-state index in [-0.39, 0.29) is 13.1 Å². The third-order valence-corrected chi connectivity index (χ3v) is 4.65. The fraction of sp³-hybridized carbons (Fsp3) is 0.462. The van der Waals surface area contributed by atoms with Crippen molar-refractivity contribution in [3.8, 4) is 0 Å². The zero-order chi connectivity index (χ0) is 15.3. The molecule has 1 aromatic carbocycles. The van der Waals surface area contributed by atoms with E-state index in [9.17, 15) is 13.2 Å². The molecule has 0 unspecified atom stereocenters. The van der Waals surface area contributed by atoms with E-state index in [0.717, 1.165) is 11.3 Å². The van der Waals surface area contributed by atoms with Gasteiger partial charge < -0.3 is 10.0 Å². The first-order valence-electron chi connectivity index (χ1n) is 6.22. The van der Waals surface area contributed by atoms with Gasteiger partial charge in [0.1, 0.15) is 0 Å². The van der Waals surface area contributed by atoms with Crippen molar-refractivity contribution in [2.45, 2.75) is 13.5 Å².